The molecule has 0 radical (unpaired) electrons. The van der Waals surface area contributed by atoms with Crippen molar-refractivity contribution in [2.45, 2.75) is 18.9 Å². The van der Waals surface area contributed by atoms with E-state index in [2.05, 4.69) is 0 Å². The van der Waals surface area contributed by atoms with Crippen LogP contribution in [0.4, 0.5) is 0 Å². The molecule has 1 aromatic rings. The second kappa shape index (κ2) is 6.67. The van der Waals surface area contributed by atoms with E-state index >= 15 is 0 Å². The Balaban J connectivity index is 2.36. The maximum atomic E-state index is 12.7. The van der Waals surface area contributed by atoms with Crippen molar-refractivity contribution in [3.8, 4) is 17.2 Å². The van der Waals surface area contributed by atoms with Crippen LogP contribution in [0.3, 0.4) is 0 Å². The third-order valence-corrected chi connectivity index (χ3v) is 3.68. The number of carbonyl (C=O) groups excluding carboxylic acids is 1. The average molecular weight is 294 g/mol. The third-order valence-electron chi connectivity index (χ3n) is 3.68. The number of nitrogens with two attached hydrogens (primary N) is 1. The van der Waals surface area contributed by atoms with Gasteiger partial charge in [0.25, 0.3) is 5.91 Å². The normalized spacial score (nSPS) is 18.3. The van der Waals surface area contributed by atoms with E-state index in [9.17, 15) is 4.79 Å². The molecule has 1 aliphatic heterocycles. The molecule has 1 aromatic carbocycles. The molecule has 1 saturated heterocycles. The maximum Gasteiger partial charge on any atom is 0.257 e. The van der Waals surface area contributed by atoms with Crippen LogP contribution in [0.15, 0.2) is 12.1 Å². The molecule has 0 saturated carbocycles. The number of likely N-dealkylation sites (tertiary alicyclic amines) is 1. The predicted octanol–water partition coefficient (Wildman–Crippen LogP) is 1.28. The van der Waals surface area contributed by atoms with E-state index in [4.69, 9.17) is 19.9 Å². The number of rotatable bonds is 4. The third kappa shape index (κ3) is 3.05. The number of carbonyl (C=O) groups is 1. The lowest BCUT2D eigenvalue weighted by molar-refractivity contribution is 0.0704. The first-order chi connectivity index (χ1) is 10.1. The predicted molar refractivity (Wildman–Crippen MR) is 79.2 cm³/mol. The summed E-state index contributed by atoms with van der Waals surface area (Å²) in [6, 6.07) is 3.44. The Morgan fingerprint density at radius 1 is 1.19 bits per heavy atom. The van der Waals surface area contributed by atoms with Gasteiger partial charge in [-0.1, -0.05) is 0 Å². The van der Waals surface area contributed by atoms with E-state index in [0.717, 1.165) is 12.8 Å². The van der Waals surface area contributed by atoms with Crippen molar-refractivity contribution in [1.29, 1.82) is 0 Å². The van der Waals surface area contributed by atoms with E-state index in [1.807, 2.05) is 0 Å². The Morgan fingerprint density at radius 3 is 2.48 bits per heavy atom. The molecule has 2 rings (SSSR count). The number of ether oxygens (including phenoxy) is 3. The van der Waals surface area contributed by atoms with Crippen molar-refractivity contribution in [2.24, 2.45) is 5.73 Å². The van der Waals surface area contributed by atoms with Gasteiger partial charge in [0.1, 0.15) is 0 Å². The maximum absolute atomic E-state index is 12.7. The van der Waals surface area contributed by atoms with Gasteiger partial charge in [-0.15, -0.1) is 0 Å². The monoisotopic (exact) mass is 294 g/mol. The van der Waals surface area contributed by atoms with Crippen LogP contribution in [0.25, 0.3) is 0 Å². The standard InChI is InChI=1S/C15H22N2O4/c1-19-12-7-6-11(13(20-2)14(12)21-3)15(18)17-8-4-5-10(16)9-17/h6-7,10H,4-5,8-9,16H2,1-3H3. The molecule has 0 bridgehead atoms. The molecule has 116 valence electrons. The second-order valence-corrected chi connectivity index (χ2v) is 5.04. The fourth-order valence-corrected chi connectivity index (χ4v) is 2.63. The van der Waals surface area contributed by atoms with Crippen molar-refractivity contribution in [3.63, 3.8) is 0 Å². The van der Waals surface area contributed by atoms with Crippen LogP contribution in [-0.4, -0.2) is 51.3 Å². The first-order valence-electron chi connectivity index (χ1n) is 6.96. The molecule has 1 heterocycles. The Labute approximate surface area is 124 Å². The molecule has 6 heteroatoms. The van der Waals surface area contributed by atoms with Crippen LogP contribution in [0.1, 0.15) is 23.2 Å². The van der Waals surface area contributed by atoms with Gasteiger partial charge in [0.05, 0.1) is 26.9 Å². The SMILES string of the molecule is COc1ccc(C(=O)N2CCCC(N)C2)c(OC)c1OC. The average Bonchev–Trinajstić information content (AvgIpc) is 2.52. The number of benzene rings is 1. The van der Waals surface area contributed by atoms with E-state index in [1.54, 1.807) is 24.1 Å². The number of piperidine rings is 1. The van der Waals surface area contributed by atoms with Crippen LogP contribution in [0.2, 0.25) is 0 Å². The Hall–Kier alpha value is -1.95. The molecule has 1 amide bonds. The van der Waals surface area contributed by atoms with Gasteiger partial charge < -0.3 is 24.8 Å². The van der Waals surface area contributed by atoms with Gasteiger partial charge in [0.15, 0.2) is 11.5 Å². The van der Waals surface area contributed by atoms with Crippen LogP contribution in [-0.2, 0) is 0 Å². The van der Waals surface area contributed by atoms with Gasteiger partial charge in [-0.3, -0.25) is 4.79 Å². The highest BCUT2D eigenvalue weighted by atomic mass is 16.5. The summed E-state index contributed by atoms with van der Waals surface area (Å²) >= 11 is 0. The summed E-state index contributed by atoms with van der Waals surface area (Å²) in [5.41, 5.74) is 6.41. The van der Waals surface area contributed by atoms with Gasteiger partial charge >= 0.3 is 0 Å². The summed E-state index contributed by atoms with van der Waals surface area (Å²) in [6.45, 7) is 1.28. The van der Waals surface area contributed by atoms with Gasteiger partial charge in [-0.05, 0) is 25.0 Å². The molecular formula is C15H22N2O4. The van der Waals surface area contributed by atoms with E-state index in [0.29, 0.717) is 35.9 Å². The molecular weight excluding hydrogens is 272 g/mol. The summed E-state index contributed by atoms with van der Waals surface area (Å²) in [4.78, 5) is 14.4. The molecule has 21 heavy (non-hydrogen) atoms. The van der Waals surface area contributed by atoms with Crippen molar-refractivity contribution in [2.75, 3.05) is 34.4 Å². The lowest BCUT2D eigenvalue weighted by atomic mass is 10.0. The van der Waals surface area contributed by atoms with Crippen LogP contribution in [0.5, 0.6) is 17.2 Å². The Bertz CT molecular complexity index is 519. The molecule has 2 N–H and O–H groups in total. The highest BCUT2D eigenvalue weighted by molar-refractivity contribution is 5.98. The largest absolute Gasteiger partial charge is 0.493 e. The zero-order valence-corrected chi connectivity index (χ0v) is 12.7. The molecule has 0 aromatic heterocycles. The highest BCUT2D eigenvalue weighted by Crippen LogP contribution is 2.40. The number of hydrogen-bond acceptors (Lipinski definition) is 5. The molecule has 0 spiro atoms. The van der Waals surface area contributed by atoms with Crippen molar-refractivity contribution >= 4 is 5.91 Å². The summed E-state index contributed by atoms with van der Waals surface area (Å²) < 4.78 is 15.9. The fourth-order valence-electron chi connectivity index (χ4n) is 2.63. The second-order valence-electron chi connectivity index (χ2n) is 5.04. The lowest BCUT2D eigenvalue weighted by Crippen LogP contribution is -2.45. The molecule has 1 aliphatic rings. The first kappa shape index (κ1) is 15.4. The zero-order valence-electron chi connectivity index (χ0n) is 12.7. The fraction of sp³-hybridized carbons (Fsp3) is 0.533. The minimum atomic E-state index is -0.0945. The van der Waals surface area contributed by atoms with E-state index in [1.165, 1.54) is 14.2 Å². The van der Waals surface area contributed by atoms with Crippen molar-refractivity contribution < 1.29 is 19.0 Å². The zero-order chi connectivity index (χ0) is 15.4. The lowest BCUT2D eigenvalue weighted by Gasteiger charge is -2.31. The van der Waals surface area contributed by atoms with E-state index in [-0.39, 0.29) is 11.9 Å². The summed E-state index contributed by atoms with van der Waals surface area (Å²) in [5, 5.41) is 0. The Morgan fingerprint density at radius 2 is 1.90 bits per heavy atom. The van der Waals surface area contributed by atoms with Gasteiger partial charge in [-0.25, -0.2) is 0 Å². The van der Waals surface area contributed by atoms with E-state index < -0.39 is 0 Å². The number of amides is 1. The van der Waals surface area contributed by atoms with Crippen LogP contribution >= 0.6 is 0 Å². The minimum Gasteiger partial charge on any atom is -0.493 e. The number of nitrogens with zero attached hydrogens (tertiary/aromatic N) is 1. The number of methoxy groups -OCH3 is 3. The Kier molecular flexibility index (Phi) is 4.90. The summed E-state index contributed by atoms with van der Waals surface area (Å²) in [6.07, 6.45) is 1.87. The highest BCUT2D eigenvalue weighted by Gasteiger charge is 2.27. The minimum absolute atomic E-state index is 0.0360. The van der Waals surface area contributed by atoms with Crippen LogP contribution in [0, 0.1) is 0 Å². The first-order valence-corrected chi connectivity index (χ1v) is 6.96. The van der Waals surface area contributed by atoms with Gasteiger partial charge in [0, 0.05) is 19.1 Å². The number of hydrogen-bond donors (Lipinski definition) is 1. The summed E-state index contributed by atoms with van der Waals surface area (Å²) in [5.74, 6) is 1.25. The van der Waals surface area contributed by atoms with Crippen molar-refractivity contribution in [3.05, 3.63) is 17.7 Å². The van der Waals surface area contributed by atoms with Gasteiger partial charge in [-0.2, -0.15) is 0 Å². The summed E-state index contributed by atoms with van der Waals surface area (Å²) in [7, 11) is 4.57. The molecule has 1 unspecified atom stereocenters. The molecule has 6 nitrogen and oxygen atoms in total. The molecule has 0 aliphatic carbocycles. The quantitative estimate of drug-likeness (QED) is 0.905. The van der Waals surface area contributed by atoms with Gasteiger partial charge in [0.2, 0.25) is 5.75 Å². The topological polar surface area (TPSA) is 74.0 Å². The molecule has 1 atom stereocenters. The van der Waals surface area contributed by atoms with Crippen LogP contribution < -0.4 is 19.9 Å². The van der Waals surface area contributed by atoms with Crippen molar-refractivity contribution in [1.82, 2.24) is 4.90 Å². The molecule has 1 fully saturated rings. The smallest absolute Gasteiger partial charge is 0.257 e.